The Hall–Kier alpha value is -2.90. The van der Waals surface area contributed by atoms with E-state index < -0.39 is 29.7 Å². The van der Waals surface area contributed by atoms with Crippen molar-refractivity contribution in [1.82, 2.24) is 5.43 Å². The van der Waals surface area contributed by atoms with Gasteiger partial charge >= 0.3 is 5.97 Å². The molecule has 2 heterocycles. The molecular formula is C14H13N3O5. The number of anilines is 1. The lowest BCUT2D eigenvalue weighted by Crippen LogP contribution is -2.36. The topological polar surface area (TPSA) is 97.3 Å². The quantitative estimate of drug-likeness (QED) is 0.607. The number of nitrogens with zero attached hydrogens (tertiary/aromatic N) is 2. The molecular weight excluding hydrogens is 290 g/mol. The van der Waals surface area contributed by atoms with E-state index in [4.69, 9.17) is 4.74 Å². The smallest absolute Gasteiger partial charge is 0.355 e. The molecule has 1 fully saturated rings. The summed E-state index contributed by atoms with van der Waals surface area (Å²) in [7, 11) is 2.64. The summed E-state index contributed by atoms with van der Waals surface area (Å²) in [6.45, 7) is 0. The van der Waals surface area contributed by atoms with E-state index >= 15 is 0 Å². The van der Waals surface area contributed by atoms with Crippen molar-refractivity contribution in [2.24, 2.45) is 11.0 Å². The minimum Gasteiger partial charge on any atom is -0.495 e. The normalized spacial score (nSPS) is 23.0. The largest absolute Gasteiger partial charge is 0.495 e. The van der Waals surface area contributed by atoms with E-state index in [1.807, 2.05) is 0 Å². The van der Waals surface area contributed by atoms with Crippen molar-refractivity contribution in [1.29, 1.82) is 0 Å². The Morgan fingerprint density at radius 1 is 1.23 bits per heavy atom. The Labute approximate surface area is 125 Å². The number of methoxy groups -OCH3 is 2. The van der Waals surface area contributed by atoms with Crippen LogP contribution in [0.15, 0.2) is 29.4 Å². The second-order valence-electron chi connectivity index (χ2n) is 4.76. The number of fused-ring (bicyclic) bond motifs is 1. The van der Waals surface area contributed by atoms with Gasteiger partial charge in [0, 0.05) is 0 Å². The van der Waals surface area contributed by atoms with E-state index in [-0.39, 0.29) is 5.71 Å². The van der Waals surface area contributed by atoms with Gasteiger partial charge in [0.1, 0.15) is 17.7 Å². The number of ether oxygens (including phenoxy) is 2. The molecule has 1 N–H and O–H groups in total. The number of benzene rings is 1. The average molecular weight is 303 g/mol. The third-order valence-electron chi connectivity index (χ3n) is 3.65. The number of nitrogens with one attached hydrogen (secondary N) is 1. The number of amides is 2. The Morgan fingerprint density at radius 2 is 1.95 bits per heavy atom. The number of hydrazone groups is 1. The highest BCUT2D eigenvalue weighted by Gasteiger charge is 2.56. The molecule has 1 aromatic rings. The van der Waals surface area contributed by atoms with Crippen LogP contribution < -0.4 is 15.1 Å². The molecule has 8 heteroatoms. The fourth-order valence-corrected chi connectivity index (χ4v) is 2.61. The minimum atomic E-state index is -0.982. The van der Waals surface area contributed by atoms with E-state index in [1.54, 1.807) is 24.3 Å². The van der Waals surface area contributed by atoms with E-state index in [1.165, 1.54) is 14.2 Å². The van der Waals surface area contributed by atoms with Crippen LogP contribution in [0.25, 0.3) is 0 Å². The molecule has 3 rings (SSSR count). The molecule has 0 aliphatic carbocycles. The van der Waals surface area contributed by atoms with E-state index in [9.17, 15) is 14.4 Å². The lowest BCUT2D eigenvalue weighted by atomic mass is 9.99. The van der Waals surface area contributed by atoms with Crippen LogP contribution >= 0.6 is 0 Å². The van der Waals surface area contributed by atoms with Crippen molar-refractivity contribution in [2.45, 2.75) is 6.04 Å². The molecule has 1 saturated heterocycles. The van der Waals surface area contributed by atoms with Crippen LogP contribution in [0.4, 0.5) is 5.69 Å². The molecule has 0 aromatic heterocycles. The fourth-order valence-electron chi connectivity index (χ4n) is 2.61. The molecule has 2 aliphatic rings. The number of rotatable bonds is 3. The molecule has 22 heavy (non-hydrogen) atoms. The van der Waals surface area contributed by atoms with Gasteiger partial charge in [0.2, 0.25) is 5.91 Å². The number of hydrogen-bond acceptors (Lipinski definition) is 7. The number of para-hydroxylation sites is 2. The molecule has 0 saturated carbocycles. The van der Waals surface area contributed by atoms with Crippen molar-refractivity contribution < 1.29 is 23.9 Å². The summed E-state index contributed by atoms with van der Waals surface area (Å²) >= 11 is 0. The molecule has 0 radical (unpaired) electrons. The van der Waals surface area contributed by atoms with Gasteiger partial charge in [-0.3, -0.25) is 15.0 Å². The maximum atomic E-state index is 12.6. The zero-order valence-corrected chi connectivity index (χ0v) is 11.9. The maximum absolute atomic E-state index is 12.6. The highest BCUT2D eigenvalue weighted by atomic mass is 16.5. The summed E-state index contributed by atoms with van der Waals surface area (Å²) in [4.78, 5) is 37.8. The van der Waals surface area contributed by atoms with Crippen LogP contribution in [0.5, 0.6) is 5.75 Å². The SMILES string of the molecule is COC(=O)C1=NN[C@H]2C(=O)N(c3ccccc3OC)C(=O)[C@H]12. The number of carbonyl (C=O) groups is 3. The van der Waals surface area contributed by atoms with Crippen LogP contribution in [0.1, 0.15) is 0 Å². The number of esters is 1. The van der Waals surface area contributed by atoms with Gasteiger partial charge in [-0.1, -0.05) is 12.1 Å². The van der Waals surface area contributed by atoms with Crippen molar-refractivity contribution >= 4 is 29.2 Å². The molecule has 2 amide bonds. The Balaban J connectivity index is 2.00. The fraction of sp³-hybridized carbons (Fsp3) is 0.286. The predicted molar refractivity (Wildman–Crippen MR) is 75.4 cm³/mol. The van der Waals surface area contributed by atoms with E-state index in [2.05, 4.69) is 15.3 Å². The first-order chi connectivity index (χ1) is 10.6. The molecule has 2 aliphatic heterocycles. The highest BCUT2D eigenvalue weighted by Crippen LogP contribution is 2.35. The van der Waals surface area contributed by atoms with Crippen LogP contribution in [0.2, 0.25) is 0 Å². The van der Waals surface area contributed by atoms with Crippen LogP contribution in [-0.4, -0.2) is 43.8 Å². The van der Waals surface area contributed by atoms with Gasteiger partial charge in [0.15, 0.2) is 5.71 Å². The molecule has 8 nitrogen and oxygen atoms in total. The van der Waals surface area contributed by atoms with Gasteiger partial charge in [-0.25, -0.2) is 9.69 Å². The van der Waals surface area contributed by atoms with Crippen molar-refractivity contribution in [3.05, 3.63) is 24.3 Å². The maximum Gasteiger partial charge on any atom is 0.355 e. The average Bonchev–Trinajstić information content (AvgIpc) is 3.08. The Kier molecular flexibility index (Phi) is 3.28. The third kappa shape index (κ3) is 1.84. The molecule has 1 aromatic carbocycles. The van der Waals surface area contributed by atoms with Crippen molar-refractivity contribution in [3.8, 4) is 5.75 Å². The Morgan fingerprint density at radius 3 is 2.64 bits per heavy atom. The summed E-state index contributed by atoms with van der Waals surface area (Å²) in [5.41, 5.74) is 2.78. The van der Waals surface area contributed by atoms with E-state index in [0.717, 1.165) is 4.90 Å². The number of carbonyl (C=O) groups excluding carboxylic acids is 3. The zero-order chi connectivity index (χ0) is 15.9. The zero-order valence-electron chi connectivity index (χ0n) is 11.9. The van der Waals surface area contributed by atoms with Gasteiger partial charge in [-0.05, 0) is 12.1 Å². The molecule has 0 unspecified atom stereocenters. The first kappa shape index (κ1) is 14.1. The second kappa shape index (κ2) is 5.14. The summed E-state index contributed by atoms with van der Waals surface area (Å²) in [6.07, 6.45) is 0. The van der Waals surface area contributed by atoms with Gasteiger partial charge in [-0.15, -0.1) is 0 Å². The van der Waals surface area contributed by atoms with Crippen molar-refractivity contribution in [3.63, 3.8) is 0 Å². The van der Waals surface area contributed by atoms with Crippen LogP contribution in [0, 0.1) is 5.92 Å². The van der Waals surface area contributed by atoms with Gasteiger partial charge < -0.3 is 9.47 Å². The Bertz CT molecular complexity index is 699. The highest BCUT2D eigenvalue weighted by molar-refractivity contribution is 6.46. The van der Waals surface area contributed by atoms with Crippen LogP contribution in [-0.2, 0) is 19.1 Å². The lowest BCUT2D eigenvalue weighted by Gasteiger charge is -2.18. The van der Waals surface area contributed by atoms with Gasteiger partial charge in [-0.2, -0.15) is 5.10 Å². The first-order valence-electron chi connectivity index (χ1n) is 6.52. The number of imide groups is 1. The monoisotopic (exact) mass is 303 g/mol. The lowest BCUT2D eigenvalue weighted by molar-refractivity contribution is -0.133. The molecule has 2 atom stereocenters. The van der Waals surface area contributed by atoms with Crippen LogP contribution in [0.3, 0.4) is 0 Å². The first-order valence-corrected chi connectivity index (χ1v) is 6.52. The summed E-state index contributed by atoms with van der Waals surface area (Å²) < 4.78 is 9.78. The number of hydrogen-bond donors (Lipinski definition) is 1. The molecule has 0 spiro atoms. The minimum absolute atomic E-state index is 0.0942. The summed E-state index contributed by atoms with van der Waals surface area (Å²) in [5, 5.41) is 3.76. The van der Waals surface area contributed by atoms with E-state index in [0.29, 0.717) is 11.4 Å². The van der Waals surface area contributed by atoms with Gasteiger partial charge in [0.05, 0.1) is 19.9 Å². The molecule has 0 bridgehead atoms. The van der Waals surface area contributed by atoms with Gasteiger partial charge in [0.25, 0.3) is 5.91 Å². The second-order valence-corrected chi connectivity index (χ2v) is 4.76. The van der Waals surface area contributed by atoms with Crippen molar-refractivity contribution in [2.75, 3.05) is 19.1 Å². The standard InChI is InChI=1S/C14H13N3O5/c1-21-8-6-4-3-5-7(8)17-12(18)9-10(13(17)19)15-16-11(9)14(20)22-2/h3-6,9-10,15H,1-2H3/t9-,10+/m0/s1. The molecule has 114 valence electrons. The third-order valence-corrected chi connectivity index (χ3v) is 3.65. The predicted octanol–water partition coefficient (Wildman–Crippen LogP) is -0.315. The summed E-state index contributed by atoms with van der Waals surface area (Å²) in [5.74, 6) is -2.34. The summed E-state index contributed by atoms with van der Waals surface area (Å²) in [6, 6.07) is 5.77.